The second kappa shape index (κ2) is 25.2. The summed E-state index contributed by atoms with van der Waals surface area (Å²) in [7, 11) is -1.34. The summed E-state index contributed by atoms with van der Waals surface area (Å²) in [4.78, 5) is 57.1. The molecule has 2 saturated heterocycles. The molecule has 0 spiro atoms. The molecule has 19 nitrogen and oxygen atoms in total. The highest BCUT2D eigenvalue weighted by Crippen LogP contribution is 2.32. The van der Waals surface area contributed by atoms with Crippen molar-refractivity contribution in [2.45, 2.75) is 32.4 Å². The number of benzene rings is 6. The fourth-order valence-corrected chi connectivity index (χ4v) is 10.8. The Morgan fingerprint density at radius 2 is 1.06 bits per heavy atom. The van der Waals surface area contributed by atoms with E-state index >= 15 is 8.78 Å². The molecule has 86 heavy (non-hydrogen) atoms. The van der Waals surface area contributed by atoms with E-state index in [9.17, 15) is 19.2 Å². The molecule has 2 fully saturated rings. The zero-order chi connectivity index (χ0) is 60.1. The minimum atomic E-state index is -1.34. The number of fused-ring (bicyclic) bond motifs is 2. The molecule has 0 aliphatic carbocycles. The third-order valence-corrected chi connectivity index (χ3v) is 16.4. The molecular formula is C64H62F2N10O9Si. The van der Waals surface area contributed by atoms with E-state index in [0.29, 0.717) is 110 Å². The highest BCUT2D eigenvalue weighted by molar-refractivity contribution is 6.76. The first-order valence-electron chi connectivity index (χ1n) is 28.0. The van der Waals surface area contributed by atoms with Crippen LogP contribution in [0.3, 0.4) is 0 Å². The van der Waals surface area contributed by atoms with Gasteiger partial charge in [0.25, 0.3) is 17.7 Å². The lowest BCUT2D eigenvalue weighted by Crippen LogP contribution is -2.40. The van der Waals surface area contributed by atoms with Gasteiger partial charge in [-0.3, -0.25) is 23.7 Å². The van der Waals surface area contributed by atoms with E-state index in [-0.39, 0.29) is 52.7 Å². The molecular weight excluding hydrogens is 1120 g/mol. The molecule has 4 N–H and O–H groups in total. The van der Waals surface area contributed by atoms with Crippen LogP contribution in [0.15, 0.2) is 164 Å². The van der Waals surface area contributed by atoms with Crippen LogP contribution in [-0.4, -0.2) is 129 Å². The van der Waals surface area contributed by atoms with Crippen LogP contribution in [0.4, 0.5) is 20.4 Å². The number of amides is 2. The van der Waals surface area contributed by atoms with Gasteiger partial charge in [-0.1, -0.05) is 56.0 Å². The summed E-state index contributed by atoms with van der Waals surface area (Å²) in [6.07, 6.45) is 4.27. The van der Waals surface area contributed by atoms with Crippen LogP contribution in [0, 0.1) is 11.6 Å². The van der Waals surface area contributed by atoms with Crippen molar-refractivity contribution < 1.29 is 51.6 Å². The Morgan fingerprint density at radius 1 is 0.558 bits per heavy atom. The first-order chi connectivity index (χ1) is 41.6. The second-order valence-corrected chi connectivity index (χ2v) is 27.4. The van der Waals surface area contributed by atoms with Crippen molar-refractivity contribution in [3.05, 3.63) is 204 Å². The number of morpholine rings is 2. The van der Waals surface area contributed by atoms with E-state index in [1.165, 1.54) is 50.6 Å². The number of nitrogens with two attached hydrogens (primary N) is 2. The first kappa shape index (κ1) is 58.0. The van der Waals surface area contributed by atoms with Gasteiger partial charge in [0, 0.05) is 81.1 Å². The van der Waals surface area contributed by atoms with Crippen molar-refractivity contribution in [1.29, 1.82) is 0 Å². The lowest BCUT2D eigenvalue weighted by atomic mass is 10.1. The predicted molar refractivity (Wildman–Crippen MR) is 323 cm³/mol. The van der Waals surface area contributed by atoms with Crippen molar-refractivity contribution in [2.75, 3.05) is 70.7 Å². The highest BCUT2D eigenvalue weighted by atomic mass is 28.3. The predicted octanol–water partition coefficient (Wildman–Crippen LogP) is 10.9. The minimum Gasteiger partial charge on any atom is -0.457 e. The van der Waals surface area contributed by atoms with E-state index in [0.717, 1.165) is 16.9 Å². The average Bonchev–Trinajstić information content (AvgIpc) is 2.83. The number of rotatable bonds is 16. The standard InChI is InChI=1S/C35H38FN5O5Si.C29H24FN5O4/c1-47(2,3)18-17-45-23-40-30-11-9-24(35(43)39-13-15-44-16-14-39)19-25(30)20-32(40)33(42)28-22-38-41(34(28)37)31-12-10-27(21-29(31)36)46-26-7-5-4-6-8-26;30-24-17-22(39-21-4-2-1-3-5-21)7-9-26(24)35-27(31)23(18-32-35)29(37)34-11-10-19-16-20(6-8-25(19)34)28(36)33-12-14-38-15-13-33/h4-12,19-22H,13-18,23,37H2,1-3H3;1-11,16-18H,12-15,31H2. The van der Waals surface area contributed by atoms with E-state index in [1.807, 2.05) is 42.5 Å². The number of nitrogens with zero attached hydrogens (tertiary/aromatic N) is 8. The Bertz CT molecular complexity index is 4130. The Balaban J connectivity index is 0.000000182. The van der Waals surface area contributed by atoms with Gasteiger partial charge >= 0.3 is 0 Å². The van der Waals surface area contributed by atoms with Crippen LogP contribution < -0.4 is 20.9 Å². The smallest absolute Gasteiger partial charge is 0.267 e. The normalized spacial score (nSPS) is 13.6. The highest BCUT2D eigenvalue weighted by Gasteiger charge is 2.27. The van der Waals surface area contributed by atoms with Crippen molar-refractivity contribution in [3.8, 4) is 34.4 Å². The largest absolute Gasteiger partial charge is 0.457 e. The van der Waals surface area contributed by atoms with Gasteiger partial charge in [0.15, 0.2) is 11.6 Å². The number of ketones is 1. The maximum atomic E-state index is 15.3. The number of carbonyl (C=O) groups is 4. The summed E-state index contributed by atoms with van der Waals surface area (Å²) in [5.74, 6) is -0.454. The lowest BCUT2D eigenvalue weighted by Gasteiger charge is -2.26. The Labute approximate surface area is 494 Å². The van der Waals surface area contributed by atoms with Crippen molar-refractivity contribution in [3.63, 3.8) is 0 Å². The summed E-state index contributed by atoms with van der Waals surface area (Å²) in [6, 6.07) is 41.8. The fraction of sp³-hybridized carbons (Fsp3) is 0.219. The van der Waals surface area contributed by atoms with Gasteiger partial charge < -0.3 is 49.5 Å². The Hall–Kier alpha value is -9.74. The number of hydrogen-bond acceptors (Lipinski definition) is 13. The third-order valence-electron chi connectivity index (χ3n) is 14.7. The zero-order valence-electron chi connectivity index (χ0n) is 47.5. The van der Waals surface area contributed by atoms with Gasteiger partial charge in [-0.25, -0.2) is 18.1 Å². The average molecular weight is 1180 g/mol. The van der Waals surface area contributed by atoms with Gasteiger partial charge in [0.1, 0.15) is 58.3 Å². The van der Waals surface area contributed by atoms with E-state index in [1.54, 1.807) is 99.4 Å². The van der Waals surface area contributed by atoms with Crippen LogP contribution >= 0.6 is 0 Å². The third kappa shape index (κ3) is 12.7. The molecule has 4 aromatic heterocycles. The molecule has 0 unspecified atom stereocenters. The summed E-state index contributed by atoms with van der Waals surface area (Å²) < 4.78 is 64.2. The van der Waals surface area contributed by atoms with Gasteiger partial charge in [0.2, 0.25) is 5.78 Å². The van der Waals surface area contributed by atoms with Crippen LogP contribution in [0.25, 0.3) is 33.2 Å². The second-order valence-electron chi connectivity index (χ2n) is 21.7. The summed E-state index contributed by atoms with van der Waals surface area (Å²) in [5, 5.41) is 9.90. The number of nitrogen functional groups attached to an aromatic ring is 2. The van der Waals surface area contributed by atoms with E-state index < -0.39 is 31.4 Å². The van der Waals surface area contributed by atoms with Crippen molar-refractivity contribution in [1.82, 2.24) is 38.5 Å². The molecule has 2 amide bonds. The molecule has 2 aliphatic rings. The molecule has 6 heterocycles. The molecule has 22 heteroatoms. The monoisotopic (exact) mass is 1180 g/mol. The summed E-state index contributed by atoms with van der Waals surface area (Å²) in [5.41, 5.74) is 15.8. The number of hydrogen-bond donors (Lipinski definition) is 2. The number of para-hydroxylation sites is 2. The maximum Gasteiger partial charge on any atom is 0.267 e. The molecule has 0 atom stereocenters. The first-order valence-corrected chi connectivity index (χ1v) is 31.7. The number of ether oxygens (including phenoxy) is 5. The molecule has 6 aromatic carbocycles. The summed E-state index contributed by atoms with van der Waals surface area (Å²) in [6.45, 7) is 11.7. The van der Waals surface area contributed by atoms with Crippen molar-refractivity contribution >= 4 is 65.0 Å². The molecule has 0 bridgehead atoms. The quantitative estimate of drug-likeness (QED) is 0.0523. The molecule has 2 aliphatic heterocycles. The fourth-order valence-electron chi connectivity index (χ4n) is 10.0. The number of anilines is 2. The molecule has 12 rings (SSSR count). The van der Waals surface area contributed by atoms with Crippen molar-refractivity contribution in [2.24, 2.45) is 0 Å². The van der Waals surface area contributed by atoms with Crippen LogP contribution in [-0.2, 0) is 20.9 Å². The molecule has 0 saturated carbocycles. The molecule has 440 valence electrons. The zero-order valence-corrected chi connectivity index (χ0v) is 48.5. The SMILES string of the molecule is C[Si](C)(C)CCOCn1c(C(=O)c2cnn(-c3ccc(Oc4ccccc4)cc3F)c2N)cc2cc(C(=O)N3CCOCC3)ccc21.Nc1c(C(=O)n2ccc3cc(C(=O)N4CCOCC4)ccc32)cnn1-c1ccc(Oc2ccccc2)cc1F. The minimum absolute atomic E-state index is 0.00315. The number of carbonyl (C=O) groups excluding carboxylic acids is 4. The summed E-state index contributed by atoms with van der Waals surface area (Å²) >= 11 is 0. The molecule has 10 aromatic rings. The van der Waals surface area contributed by atoms with Gasteiger partial charge in [0.05, 0.1) is 61.1 Å². The Morgan fingerprint density at radius 3 is 1.58 bits per heavy atom. The number of halogens is 2. The molecule has 0 radical (unpaired) electrons. The van der Waals surface area contributed by atoms with Gasteiger partial charge in [-0.05, 0) is 103 Å². The maximum absolute atomic E-state index is 15.3. The van der Waals surface area contributed by atoms with Crippen LogP contribution in [0.5, 0.6) is 23.0 Å². The van der Waals surface area contributed by atoms with Gasteiger partial charge in [-0.2, -0.15) is 10.2 Å². The van der Waals surface area contributed by atoms with Crippen LogP contribution in [0.1, 0.15) is 47.1 Å². The van der Waals surface area contributed by atoms with E-state index in [2.05, 4.69) is 29.8 Å². The van der Waals surface area contributed by atoms with Crippen LogP contribution in [0.2, 0.25) is 25.7 Å². The topological polar surface area (TPSA) is 218 Å². The lowest BCUT2D eigenvalue weighted by molar-refractivity contribution is 0.0301. The Kier molecular flexibility index (Phi) is 17.0. The van der Waals surface area contributed by atoms with E-state index in [4.69, 9.17) is 35.2 Å². The number of aromatic nitrogens is 6. The van der Waals surface area contributed by atoms with Gasteiger partial charge in [-0.15, -0.1) is 0 Å².